The second-order valence-electron chi connectivity index (χ2n) is 6.64. The molecule has 3 heterocycles. The van der Waals surface area contributed by atoms with Gasteiger partial charge in [0.25, 0.3) is 6.29 Å². The molecule has 2 aromatic heterocycles. The van der Waals surface area contributed by atoms with E-state index in [-0.39, 0.29) is 5.65 Å². The van der Waals surface area contributed by atoms with E-state index in [2.05, 4.69) is 20.3 Å². The lowest BCUT2D eigenvalue weighted by atomic mass is 9.99. The summed E-state index contributed by atoms with van der Waals surface area (Å²) in [5, 5.41) is 42.1. The van der Waals surface area contributed by atoms with Gasteiger partial charge in [-0.25, -0.2) is 19.7 Å². The van der Waals surface area contributed by atoms with Crippen molar-refractivity contribution in [1.82, 2.24) is 19.7 Å². The number of carboxylic acid groups (broad SMARTS) is 1. The SMILES string of the molecule is O=C(O)[C@H]1OC(On2cnc3c(NCc4ccccc4)ncnc32)[C@H](O)[C@@H](O)[C@@H]1O. The number of aromatic nitrogens is 4. The molecule has 1 aliphatic rings. The lowest BCUT2D eigenvalue weighted by Gasteiger charge is -2.37. The van der Waals surface area contributed by atoms with E-state index in [0.717, 1.165) is 10.3 Å². The van der Waals surface area contributed by atoms with Gasteiger partial charge < -0.3 is 35.3 Å². The third kappa shape index (κ3) is 3.76. The topological polar surface area (TPSA) is 172 Å². The van der Waals surface area contributed by atoms with Crippen LogP contribution in [0.15, 0.2) is 43.0 Å². The molecule has 0 amide bonds. The van der Waals surface area contributed by atoms with Crippen LogP contribution in [0.3, 0.4) is 0 Å². The summed E-state index contributed by atoms with van der Waals surface area (Å²) in [7, 11) is 0. The molecule has 30 heavy (non-hydrogen) atoms. The molecule has 0 aliphatic carbocycles. The largest absolute Gasteiger partial charge is 0.479 e. The van der Waals surface area contributed by atoms with Crippen molar-refractivity contribution in [3.63, 3.8) is 0 Å². The first kappa shape index (κ1) is 20.0. The lowest BCUT2D eigenvalue weighted by molar-refractivity contribution is -0.292. The molecule has 4 rings (SSSR count). The molecule has 0 spiro atoms. The van der Waals surface area contributed by atoms with Gasteiger partial charge in [0.05, 0.1) is 0 Å². The fourth-order valence-corrected chi connectivity index (χ4v) is 3.05. The number of benzene rings is 1. The summed E-state index contributed by atoms with van der Waals surface area (Å²) >= 11 is 0. The second kappa shape index (κ2) is 8.20. The molecule has 12 nitrogen and oxygen atoms in total. The number of anilines is 1. The van der Waals surface area contributed by atoms with E-state index >= 15 is 0 Å². The van der Waals surface area contributed by atoms with Crippen LogP contribution in [0.25, 0.3) is 11.2 Å². The van der Waals surface area contributed by atoms with Crippen LogP contribution in [0.2, 0.25) is 0 Å². The average Bonchev–Trinajstić information content (AvgIpc) is 3.16. The predicted molar refractivity (Wildman–Crippen MR) is 100.0 cm³/mol. The smallest absolute Gasteiger partial charge is 0.335 e. The predicted octanol–water partition coefficient (Wildman–Crippen LogP) is -1.24. The highest BCUT2D eigenvalue weighted by atomic mass is 16.8. The zero-order valence-electron chi connectivity index (χ0n) is 15.4. The molecule has 1 unspecified atom stereocenters. The van der Waals surface area contributed by atoms with Gasteiger partial charge in [0.1, 0.15) is 31.0 Å². The van der Waals surface area contributed by atoms with Crippen LogP contribution >= 0.6 is 0 Å². The third-order valence-electron chi connectivity index (χ3n) is 4.64. The van der Waals surface area contributed by atoms with Gasteiger partial charge in [-0.2, -0.15) is 0 Å². The van der Waals surface area contributed by atoms with Crippen molar-refractivity contribution < 1.29 is 34.8 Å². The van der Waals surface area contributed by atoms with Gasteiger partial charge in [-0.05, 0) is 5.56 Å². The van der Waals surface area contributed by atoms with Gasteiger partial charge in [-0.15, -0.1) is 4.73 Å². The zero-order valence-corrected chi connectivity index (χ0v) is 15.4. The Kier molecular flexibility index (Phi) is 5.46. The highest BCUT2D eigenvalue weighted by Gasteiger charge is 2.48. The van der Waals surface area contributed by atoms with Crippen LogP contribution in [0.4, 0.5) is 5.82 Å². The number of aliphatic carboxylic acids is 1. The van der Waals surface area contributed by atoms with Gasteiger partial charge in [0, 0.05) is 6.54 Å². The fraction of sp³-hybridized carbons (Fsp3) is 0.333. The van der Waals surface area contributed by atoms with Crippen LogP contribution in [0, 0.1) is 0 Å². The Morgan fingerprint density at radius 3 is 2.60 bits per heavy atom. The van der Waals surface area contributed by atoms with E-state index in [4.69, 9.17) is 14.7 Å². The van der Waals surface area contributed by atoms with Gasteiger partial charge in [0.2, 0.25) is 5.65 Å². The molecule has 0 radical (unpaired) electrons. The molecule has 1 aromatic carbocycles. The van der Waals surface area contributed by atoms with Gasteiger partial charge in [-0.3, -0.25) is 0 Å². The first-order valence-electron chi connectivity index (χ1n) is 9.01. The molecular weight excluding hydrogens is 398 g/mol. The van der Waals surface area contributed by atoms with E-state index in [0.29, 0.717) is 17.9 Å². The number of carbonyl (C=O) groups is 1. The number of rotatable bonds is 6. The molecular formula is C18H19N5O7. The molecule has 1 aliphatic heterocycles. The molecule has 3 aromatic rings. The minimum absolute atomic E-state index is 0.226. The van der Waals surface area contributed by atoms with E-state index in [1.54, 1.807) is 0 Å². The van der Waals surface area contributed by atoms with E-state index < -0.39 is 36.7 Å². The summed E-state index contributed by atoms with van der Waals surface area (Å²) in [6.45, 7) is 0.496. The number of imidazole rings is 1. The summed E-state index contributed by atoms with van der Waals surface area (Å²) in [5.41, 5.74) is 1.63. The van der Waals surface area contributed by atoms with Gasteiger partial charge in [-0.1, -0.05) is 30.3 Å². The molecule has 5 atom stereocenters. The maximum absolute atomic E-state index is 11.2. The van der Waals surface area contributed by atoms with Crippen molar-refractivity contribution in [3.8, 4) is 0 Å². The standard InChI is InChI=1S/C18H19N5O7/c24-11-12(25)14(17(27)28)29-18(13(11)26)30-23-8-22-10-15(20-7-21-16(10)23)19-6-9-4-2-1-3-5-9/h1-5,7-8,11-14,18,24-26H,6H2,(H,27,28)(H,19,20,21)/t11-,12-,13+,14-,18?/m0/s1. The van der Waals surface area contributed by atoms with Crippen molar-refractivity contribution in [2.75, 3.05) is 5.32 Å². The zero-order chi connectivity index (χ0) is 21.3. The minimum Gasteiger partial charge on any atom is -0.479 e. The second-order valence-corrected chi connectivity index (χ2v) is 6.64. The third-order valence-corrected chi connectivity index (χ3v) is 4.64. The summed E-state index contributed by atoms with van der Waals surface area (Å²) < 4.78 is 6.18. The number of aliphatic hydroxyl groups is 3. The van der Waals surface area contributed by atoms with Crippen molar-refractivity contribution >= 4 is 23.0 Å². The first-order chi connectivity index (χ1) is 14.5. The van der Waals surface area contributed by atoms with E-state index in [1.807, 2.05) is 30.3 Å². The average molecular weight is 417 g/mol. The van der Waals surface area contributed by atoms with Gasteiger partial charge in [0.15, 0.2) is 17.4 Å². The molecule has 0 saturated carbocycles. The molecule has 1 saturated heterocycles. The molecule has 0 bridgehead atoms. The number of ether oxygens (including phenoxy) is 1. The highest BCUT2D eigenvalue weighted by molar-refractivity contribution is 5.82. The first-order valence-corrected chi connectivity index (χ1v) is 9.01. The van der Waals surface area contributed by atoms with Crippen LogP contribution in [-0.2, 0) is 16.1 Å². The monoisotopic (exact) mass is 417 g/mol. The Hall–Kier alpha value is -3.32. The Morgan fingerprint density at radius 2 is 1.87 bits per heavy atom. The number of hydrogen-bond donors (Lipinski definition) is 5. The Labute approximate surface area is 169 Å². The van der Waals surface area contributed by atoms with Crippen LogP contribution < -0.4 is 10.2 Å². The molecule has 5 N–H and O–H groups in total. The molecule has 12 heteroatoms. The number of fused-ring (bicyclic) bond motifs is 1. The summed E-state index contributed by atoms with van der Waals surface area (Å²) in [4.78, 5) is 29.2. The number of carboxylic acids is 1. The molecule has 1 fully saturated rings. The van der Waals surface area contributed by atoms with Crippen molar-refractivity contribution in [2.24, 2.45) is 0 Å². The maximum Gasteiger partial charge on any atom is 0.335 e. The Bertz CT molecular complexity index is 1030. The normalized spacial score (nSPS) is 26.4. The van der Waals surface area contributed by atoms with Crippen LogP contribution in [0.5, 0.6) is 0 Å². The summed E-state index contributed by atoms with van der Waals surface area (Å²) in [6, 6.07) is 9.65. The maximum atomic E-state index is 11.2. The van der Waals surface area contributed by atoms with Crippen LogP contribution in [-0.4, -0.2) is 76.8 Å². The Balaban J connectivity index is 1.54. The lowest BCUT2D eigenvalue weighted by Crippen LogP contribution is -2.62. The van der Waals surface area contributed by atoms with Crippen molar-refractivity contribution in [3.05, 3.63) is 48.5 Å². The van der Waals surface area contributed by atoms with Gasteiger partial charge >= 0.3 is 5.97 Å². The number of aliphatic hydroxyl groups excluding tert-OH is 3. The van der Waals surface area contributed by atoms with E-state index in [1.165, 1.54) is 12.7 Å². The Morgan fingerprint density at radius 1 is 1.10 bits per heavy atom. The van der Waals surface area contributed by atoms with Crippen LogP contribution in [0.1, 0.15) is 5.56 Å². The van der Waals surface area contributed by atoms with Crippen molar-refractivity contribution in [2.45, 2.75) is 37.3 Å². The minimum atomic E-state index is -1.81. The quantitative estimate of drug-likeness (QED) is 0.325. The van der Waals surface area contributed by atoms with E-state index in [9.17, 15) is 20.1 Å². The summed E-state index contributed by atoms with van der Waals surface area (Å²) in [5.74, 6) is -1.07. The number of nitrogens with one attached hydrogen (secondary N) is 1. The highest BCUT2D eigenvalue weighted by Crippen LogP contribution is 2.23. The van der Waals surface area contributed by atoms with Crippen molar-refractivity contribution in [1.29, 1.82) is 0 Å². The molecule has 158 valence electrons. The number of hydrogen-bond acceptors (Lipinski definition) is 10. The fourth-order valence-electron chi connectivity index (χ4n) is 3.05. The summed E-state index contributed by atoms with van der Waals surface area (Å²) in [6.07, 6.45) is -6.13. The number of nitrogens with zero attached hydrogens (tertiary/aromatic N) is 4.